The molecule has 128 valence electrons. The fourth-order valence-corrected chi connectivity index (χ4v) is 3.04. The van der Waals surface area contributed by atoms with Gasteiger partial charge in [0.25, 0.3) is 5.91 Å². The lowest BCUT2D eigenvalue weighted by Gasteiger charge is -2.14. The van der Waals surface area contributed by atoms with E-state index in [1.807, 2.05) is 42.5 Å². The molecule has 0 saturated carbocycles. The summed E-state index contributed by atoms with van der Waals surface area (Å²) in [6, 6.07) is 17.2. The maximum atomic E-state index is 13.0. The Morgan fingerprint density at radius 1 is 1.12 bits per heavy atom. The van der Waals surface area contributed by atoms with E-state index in [-0.39, 0.29) is 17.1 Å². The third kappa shape index (κ3) is 3.98. The number of halogens is 2. The predicted molar refractivity (Wildman–Crippen MR) is 97.3 cm³/mol. The molecule has 0 bridgehead atoms. The van der Waals surface area contributed by atoms with E-state index in [1.54, 1.807) is 0 Å². The number of carbonyl (C=O) groups excluding carboxylic acids is 1. The maximum absolute atomic E-state index is 13.0. The van der Waals surface area contributed by atoms with Gasteiger partial charge in [0.1, 0.15) is 5.82 Å². The Hall–Kier alpha value is -2.43. The molecule has 0 aliphatic heterocycles. The molecule has 3 aromatic rings. The third-order valence-corrected chi connectivity index (χ3v) is 4.37. The topological polar surface area (TPSA) is 49.3 Å². The summed E-state index contributed by atoms with van der Waals surface area (Å²) in [6.45, 7) is 0.275. The van der Waals surface area contributed by atoms with Gasteiger partial charge >= 0.3 is 0 Å². The lowest BCUT2D eigenvalue weighted by atomic mass is 9.99. The SMILES string of the molecule is O=C(NCC[C@@H](O)c1cccc2ccccc12)c1ccc(F)cc1Cl. The first-order valence-electron chi connectivity index (χ1n) is 7.95. The molecule has 0 aliphatic rings. The van der Waals surface area contributed by atoms with E-state index in [0.717, 1.165) is 22.4 Å². The van der Waals surface area contributed by atoms with Gasteiger partial charge in [-0.15, -0.1) is 0 Å². The molecule has 2 N–H and O–H groups in total. The highest BCUT2D eigenvalue weighted by atomic mass is 35.5. The number of hydrogen-bond acceptors (Lipinski definition) is 2. The molecule has 1 atom stereocenters. The molecule has 3 aromatic carbocycles. The molecule has 3 rings (SSSR count). The first-order chi connectivity index (χ1) is 12.1. The third-order valence-electron chi connectivity index (χ3n) is 4.06. The number of carbonyl (C=O) groups is 1. The largest absolute Gasteiger partial charge is 0.388 e. The van der Waals surface area contributed by atoms with Crippen LogP contribution < -0.4 is 5.32 Å². The Balaban J connectivity index is 1.64. The zero-order valence-electron chi connectivity index (χ0n) is 13.4. The van der Waals surface area contributed by atoms with Crippen LogP contribution >= 0.6 is 11.6 Å². The lowest BCUT2D eigenvalue weighted by molar-refractivity contribution is 0.0943. The van der Waals surface area contributed by atoms with Crippen LogP contribution in [0, 0.1) is 5.82 Å². The van der Waals surface area contributed by atoms with Crippen LogP contribution in [0.1, 0.15) is 28.4 Å². The molecule has 0 heterocycles. The molecule has 0 fully saturated rings. The second-order valence-corrected chi connectivity index (χ2v) is 6.16. The summed E-state index contributed by atoms with van der Waals surface area (Å²) in [4.78, 5) is 12.1. The summed E-state index contributed by atoms with van der Waals surface area (Å²) < 4.78 is 13.0. The van der Waals surface area contributed by atoms with Gasteiger partial charge in [-0.3, -0.25) is 4.79 Å². The van der Waals surface area contributed by atoms with Crippen LogP contribution in [0.2, 0.25) is 5.02 Å². The Kier molecular flexibility index (Phi) is 5.31. The molecule has 0 aliphatic carbocycles. The lowest BCUT2D eigenvalue weighted by Crippen LogP contribution is -2.26. The van der Waals surface area contributed by atoms with Crippen LogP contribution in [-0.4, -0.2) is 17.6 Å². The fourth-order valence-electron chi connectivity index (χ4n) is 2.79. The molecule has 25 heavy (non-hydrogen) atoms. The van der Waals surface area contributed by atoms with Gasteiger partial charge in [-0.2, -0.15) is 0 Å². The van der Waals surface area contributed by atoms with Gasteiger partial charge in [-0.05, 0) is 41.0 Å². The van der Waals surface area contributed by atoms with Crippen LogP contribution in [0.15, 0.2) is 60.7 Å². The number of aliphatic hydroxyl groups excluding tert-OH is 1. The minimum Gasteiger partial charge on any atom is -0.388 e. The minimum absolute atomic E-state index is 0.0621. The second-order valence-electron chi connectivity index (χ2n) is 5.75. The standard InChI is InChI=1S/C20H17ClFNO2/c21-18-12-14(22)8-9-17(18)20(25)23-11-10-19(24)16-7-3-5-13-4-1-2-6-15(13)16/h1-9,12,19,24H,10-11H2,(H,23,25)/t19-/m1/s1. The first-order valence-corrected chi connectivity index (χ1v) is 8.33. The Morgan fingerprint density at radius 3 is 2.68 bits per heavy atom. The van der Waals surface area contributed by atoms with Gasteiger partial charge in [0.2, 0.25) is 0 Å². The summed E-state index contributed by atoms with van der Waals surface area (Å²) in [5.74, 6) is -0.886. The number of aliphatic hydroxyl groups is 1. The molecule has 0 aromatic heterocycles. The van der Waals surface area contributed by atoms with Crippen molar-refractivity contribution < 1.29 is 14.3 Å². The van der Waals surface area contributed by atoms with E-state index in [9.17, 15) is 14.3 Å². The number of fused-ring (bicyclic) bond motifs is 1. The fraction of sp³-hybridized carbons (Fsp3) is 0.150. The van der Waals surface area contributed by atoms with Crippen LogP contribution in [0.4, 0.5) is 4.39 Å². The summed E-state index contributed by atoms with van der Waals surface area (Å²) in [5, 5.41) is 15.3. The Morgan fingerprint density at radius 2 is 1.88 bits per heavy atom. The van der Waals surface area contributed by atoms with E-state index in [2.05, 4.69) is 5.32 Å². The van der Waals surface area contributed by atoms with Crippen LogP contribution in [0.3, 0.4) is 0 Å². The molecule has 0 spiro atoms. The highest BCUT2D eigenvalue weighted by Crippen LogP contribution is 2.26. The van der Waals surface area contributed by atoms with Crippen molar-refractivity contribution in [2.75, 3.05) is 6.54 Å². The minimum atomic E-state index is -0.699. The second kappa shape index (κ2) is 7.64. The van der Waals surface area contributed by atoms with E-state index in [4.69, 9.17) is 11.6 Å². The zero-order chi connectivity index (χ0) is 17.8. The van der Waals surface area contributed by atoms with Crippen molar-refractivity contribution in [2.24, 2.45) is 0 Å². The van der Waals surface area contributed by atoms with Crippen molar-refractivity contribution in [1.29, 1.82) is 0 Å². The quantitative estimate of drug-likeness (QED) is 0.707. The molecule has 0 unspecified atom stereocenters. The average Bonchev–Trinajstić information content (AvgIpc) is 2.61. The van der Waals surface area contributed by atoms with Crippen LogP contribution in [-0.2, 0) is 0 Å². The monoisotopic (exact) mass is 357 g/mol. The van der Waals surface area contributed by atoms with Gasteiger partial charge < -0.3 is 10.4 Å². The molecular weight excluding hydrogens is 341 g/mol. The first kappa shape index (κ1) is 17.4. The van der Waals surface area contributed by atoms with Crippen molar-refractivity contribution in [3.05, 3.63) is 82.6 Å². The van der Waals surface area contributed by atoms with E-state index in [0.29, 0.717) is 6.42 Å². The van der Waals surface area contributed by atoms with E-state index in [1.165, 1.54) is 12.1 Å². The molecule has 0 radical (unpaired) electrons. The van der Waals surface area contributed by atoms with Crippen molar-refractivity contribution in [3.8, 4) is 0 Å². The molecule has 0 saturated heterocycles. The number of amides is 1. The normalized spacial score (nSPS) is 12.1. The molecule has 5 heteroatoms. The van der Waals surface area contributed by atoms with Gasteiger partial charge in [-0.25, -0.2) is 4.39 Å². The van der Waals surface area contributed by atoms with Crippen molar-refractivity contribution in [2.45, 2.75) is 12.5 Å². The predicted octanol–water partition coefficient (Wildman–Crippen LogP) is 4.49. The average molecular weight is 358 g/mol. The summed E-state index contributed by atoms with van der Waals surface area (Å²) in [6.07, 6.45) is -0.339. The summed E-state index contributed by atoms with van der Waals surface area (Å²) in [5.41, 5.74) is 1.04. The molecule has 1 amide bonds. The Bertz CT molecular complexity index is 908. The smallest absolute Gasteiger partial charge is 0.252 e. The zero-order valence-corrected chi connectivity index (χ0v) is 14.1. The maximum Gasteiger partial charge on any atom is 0.252 e. The Labute approximate surface area is 150 Å². The number of nitrogens with one attached hydrogen (secondary N) is 1. The highest BCUT2D eigenvalue weighted by molar-refractivity contribution is 6.33. The van der Waals surface area contributed by atoms with Crippen LogP contribution in [0.25, 0.3) is 10.8 Å². The van der Waals surface area contributed by atoms with Crippen molar-refractivity contribution in [1.82, 2.24) is 5.32 Å². The molecular formula is C20H17ClFNO2. The highest BCUT2D eigenvalue weighted by Gasteiger charge is 2.14. The number of rotatable bonds is 5. The van der Waals surface area contributed by atoms with Crippen LogP contribution in [0.5, 0.6) is 0 Å². The van der Waals surface area contributed by atoms with Gasteiger partial charge in [0, 0.05) is 6.54 Å². The summed E-state index contributed by atoms with van der Waals surface area (Å²) >= 11 is 5.88. The number of hydrogen-bond donors (Lipinski definition) is 2. The van der Waals surface area contributed by atoms with Gasteiger partial charge in [-0.1, -0.05) is 54.1 Å². The summed E-state index contributed by atoms with van der Waals surface area (Å²) in [7, 11) is 0. The number of benzene rings is 3. The van der Waals surface area contributed by atoms with Gasteiger partial charge in [0.05, 0.1) is 16.7 Å². The van der Waals surface area contributed by atoms with Crippen molar-refractivity contribution >= 4 is 28.3 Å². The van der Waals surface area contributed by atoms with Crippen molar-refractivity contribution in [3.63, 3.8) is 0 Å². The van der Waals surface area contributed by atoms with E-state index >= 15 is 0 Å². The van der Waals surface area contributed by atoms with Gasteiger partial charge in [0.15, 0.2) is 0 Å². The van der Waals surface area contributed by atoms with E-state index < -0.39 is 17.8 Å². The molecule has 3 nitrogen and oxygen atoms in total.